The third kappa shape index (κ3) is 6.33. The lowest BCUT2D eigenvalue weighted by atomic mass is 10.1. The number of anilines is 1. The maximum absolute atomic E-state index is 12.3. The van der Waals surface area contributed by atoms with Crippen molar-refractivity contribution in [3.63, 3.8) is 0 Å². The van der Waals surface area contributed by atoms with E-state index in [1.807, 2.05) is 50.1 Å². The smallest absolute Gasteiger partial charge is 0.238 e. The van der Waals surface area contributed by atoms with Gasteiger partial charge in [-0.2, -0.15) is 0 Å². The third-order valence-corrected chi connectivity index (χ3v) is 5.31. The quantitative estimate of drug-likeness (QED) is 0.701. The van der Waals surface area contributed by atoms with Crippen LogP contribution in [0.4, 0.5) is 5.69 Å². The first-order valence-electron chi connectivity index (χ1n) is 8.88. The maximum Gasteiger partial charge on any atom is 0.238 e. The van der Waals surface area contributed by atoms with Gasteiger partial charge in [-0.05, 0) is 63.2 Å². The lowest BCUT2D eigenvalue weighted by Gasteiger charge is -2.18. The van der Waals surface area contributed by atoms with Crippen LogP contribution in [0.25, 0.3) is 0 Å². The number of hydrogen-bond acceptors (Lipinski definition) is 5. The van der Waals surface area contributed by atoms with Crippen LogP contribution in [0.5, 0.6) is 5.75 Å². The summed E-state index contributed by atoms with van der Waals surface area (Å²) in [6, 6.07) is 10.7. The van der Waals surface area contributed by atoms with Crippen LogP contribution in [0.1, 0.15) is 16.7 Å². The number of primary sulfonamides is 1. The number of benzene rings is 2. The van der Waals surface area contributed by atoms with Gasteiger partial charge >= 0.3 is 0 Å². The molecule has 0 heterocycles. The summed E-state index contributed by atoms with van der Waals surface area (Å²) in [6.07, 6.45) is 0. The lowest BCUT2D eigenvalue weighted by molar-refractivity contribution is -0.117. The fraction of sp³-hybridized carbons (Fsp3) is 0.350. The zero-order valence-electron chi connectivity index (χ0n) is 16.7. The van der Waals surface area contributed by atoms with Crippen LogP contribution in [0, 0.1) is 20.8 Å². The van der Waals surface area contributed by atoms with E-state index in [1.165, 1.54) is 12.1 Å². The van der Waals surface area contributed by atoms with Crippen molar-refractivity contribution in [2.24, 2.45) is 5.14 Å². The highest BCUT2D eigenvalue weighted by Gasteiger charge is 2.15. The van der Waals surface area contributed by atoms with E-state index in [1.54, 1.807) is 6.92 Å². The van der Waals surface area contributed by atoms with E-state index in [2.05, 4.69) is 5.32 Å². The molecule has 8 heteroatoms. The highest BCUT2D eigenvalue weighted by molar-refractivity contribution is 7.89. The number of aryl methyl sites for hydroxylation is 2. The Labute approximate surface area is 166 Å². The molecule has 7 nitrogen and oxygen atoms in total. The average molecular weight is 406 g/mol. The van der Waals surface area contributed by atoms with Crippen molar-refractivity contribution < 1.29 is 17.9 Å². The molecule has 1 amide bonds. The molecule has 28 heavy (non-hydrogen) atoms. The first-order valence-corrected chi connectivity index (χ1v) is 10.4. The highest BCUT2D eigenvalue weighted by Crippen LogP contribution is 2.23. The van der Waals surface area contributed by atoms with E-state index in [0.29, 0.717) is 18.8 Å². The Morgan fingerprint density at radius 3 is 2.39 bits per heavy atom. The molecular formula is C20H27N3O4S. The normalized spacial score (nSPS) is 11.5. The molecule has 0 saturated heterocycles. The Morgan fingerprint density at radius 1 is 1.14 bits per heavy atom. The van der Waals surface area contributed by atoms with Gasteiger partial charge in [0.1, 0.15) is 12.4 Å². The van der Waals surface area contributed by atoms with Crippen molar-refractivity contribution in [1.82, 2.24) is 4.90 Å². The summed E-state index contributed by atoms with van der Waals surface area (Å²) in [5, 5.41) is 7.97. The van der Waals surface area contributed by atoms with E-state index >= 15 is 0 Å². The van der Waals surface area contributed by atoms with E-state index in [9.17, 15) is 13.2 Å². The van der Waals surface area contributed by atoms with Crippen molar-refractivity contribution >= 4 is 21.6 Å². The predicted octanol–water partition coefficient (Wildman–Crippen LogP) is 2.21. The molecule has 2 aromatic carbocycles. The zero-order chi connectivity index (χ0) is 20.9. The second-order valence-electron chi connectivity index (χ2n) is 6.91. The Bertz CT molecular complexity index is 941. The average Bonchev–Trinajstić information content (AvgIpc) is 2.59. The van der Waals surface area contributed by atoms with Crippen LogP contribution in [0.3, 0.4) is 0 Å². The van der Waals surface area contributed by atoms with Gasteiger partial charge in [0.2, 0.25) is 15.9 Å². The molecule has 152 valence electrons. The second-order valence-corrected chi connectivity index (χ2v) is 8.47. The molecular weight excluding hydrogens is 378 g/mol. The number of rotatable bonds is 8. The summed E-state index contributed by atoms with van der Waals surface area (Å²) in [5.41, 5.74) is 3.14. The molecule has 0 bridgehead atoms. The fourth-order valence-electron chi connectivity index (χ4n) is 2.59. The summed E-state index contributed by atoms with van der Waals surface area (Å²) < 4.78 is 28.9. The molecule has 3 N–H and O–H groups in total. The Kier molecular flexibility index (Phi) is 7.17. The van der Waals surface area contributed by atoms with E-state index in [-0.39, 0.29) is 17.3 Å². The number of hydrogen-bond donors (Lipinski definition) is 2. The van der Waals surface area contributed by atoms with Crippen LogP contribution in [-0.4, -0.2) is 46.0 Å². The van der Waals surface area contributed by atoms with Crippen LogP contribution in [0.2, 0.25) is 0 Å². The van der Waals surface area contributed by atoms with Gasteiger partial charge in [0, 0.05) is 12.2 Å². The minimum Gasteiger partial charge on any atom is -0.492 e. The Hall–Kier alpha value is -2.42. The van der Waals surface area contributed by atoms with E-state index in [0.717, 1.165) is 22.4 Å². The molecule has 0 aliphatic heterocycles. The van der Waals surface area contributed by atoms with Gasteiger partial charge in [0.25, 0.3) is 0 Å². The number of carbonyl (C=O) groups excluding carboxylic acids is 1. The number of likely N-dealkylation sites (N-methyl/N-ethyl adjacent to an activating group) is 1. The van der Waals surface area contributed by atoms with Gasteiger partial charge in [-0.1, -0.05) is 17.7 Å². The van der Waals surface area contributed by atoms with Crippen LogP contribution in [-0.2, 0) is 14.8 Å². The van der Waals surface area contributed by atoms with Crippen molar-refractivity contribution in [2.45, 2.75) is 25.7 Å². The van der Waals surface area contributed by atoms with Crippen molar-refractivity contribution in [1.29, 1.82) is 0 Å². The summed E-state index contributed by atoms with van der Waals surface area (Å²) in [4.78, 5) is 14.1. The SMILES string of the molecule is Cc1ccc(OCCN(C)CC(=O)Nc2cc(S(N)(=O)=O)cc(C)c2C)cc1. The Balaban J connectivity index is 1.90. The second kappa shape index (κ2) is 9.18. The number of carbonyl (C=O) groups is 1. The number of nitrogens with zero attached hydrogens (tertiary/aromatic N) is 1. The maximum atomic E-state index is 12.3. The molecule has 0 saturated carbocycles. The van der Waals surface area contributed by atoms with Crippen LogP contribution < -0.4 is 15.2 Å². The first-order chi connectivity index (χ1) is 13.1. The standard InChI is InChI=1S/C20H27N3O4S/c1-14-5-7-17(8-6-14)27-10-9-23(4)13-20(24)22-19-12-18(28(21,25)26)11-15(2)16(19)3/h5-8,11-12H,9-10,13H2,1-4H3,(H,22,24)(H2,21,25,26). The van der Waals surface area contributed by atoms with Gasteiger partial charge < -0.3 is 10.1 Å². The fourth-order valence-corrected chi connectivity index (χ4v) is 3.21. The van der Waals surface area contributed by atoms with Gasteiger partial charge in [-0.25, -0.2) is 13.6 Å². The minimum absolute atomic E-state index is 0.0225. The molecule has 2 rings (SSSR count). The molecule has 2 aromatic rings. The molecule has 0 spiro atoms. The molecule has 0 aliphatic carbocycles. The highest BCUT2D eigenvalue weighted by atomic mass is 32.2. The van der Waals surface area contributed by atoms with Crippen LogP contribution >= 0.6 is 0 Å². The van der Waals surface area contributed by atoms with Crippen molar-refractivity contribution in [3.8, 4) is 5.75 Å². The summed E-state index contributed by atoms with van der Waals surface area (Å²) in [6.45, 7) is 6.76. The van der Waals surface area contributed by atoms with Gasteiger partial charge in [-0.3, -0.25) is 9.69 Å². The number of nitrogens with two attached hydrogens (primary N) is 1. The number of ether oxygens (including phenoxy) is 1. The van der Waals surface area contributed by atoms with Crippen molar-refractivity contribution in [2.75, 3.05) is 32.1 Å². The van der Waals surface area contributed by atoms with Crippen LogP contribution in [0.15, 0.2) is 41.3 Å². The Morgan fingerprint density at radius 2 is 1.79 bits per heavy atom. The number of sulfonamides is 1. The molecule has 0 atom stereocenters. The van der Waals surface area contributed by atoms with Gasteiger partial charge in [-0.15, -0.1) is 0 Å². The summed E-state index contributed by atoms with van der Waals surface area (Å²) >= 11 is 0. The predicted molar refractivity (Wildman–Crippen MR) is 110 cm³/mol. The lowest BCUT2D eigenvalue weighted by Crippen LogP contribution is -2.33. The van der Waals surface area contributed by atoms with E-state index < -0.39 is 10.0 Å². The first kappa shape index (κ1) is 21.9. The van der Waals surface area contributed by atoms with E-state index in [4.69, 9.17) is 9.88 Å². The molecule has 0 aromatic heterocycles. The largest absolute Gasteiger partial charge is 0.492 e. The molecule has 0 unspecified atom stereocenters. The molecule has 0 radical (unpaired) electrons. The molecule has 0 aliphatic rings. The van der Waals surface area contributed by atoms with Gasteiger partial charge in [0.05, 0.1) is 11.4 Å². The number of nitrogens with one attached hydrogen (secondary N) is 1. The zero-order valence-corrected chi connectivity index (χ0v) is 17.5. The topological polar surface area (TPSA) is 102 Å². The monoisotopic (exact) mass is 405 g/mol. The summed E-state index contributed by atoms with van der Waals surface area (Å²) in [5.74, 6) is 0.543. The number of amides is 1. The van der Waals surface area contributed by atoms with Gasteiger partial charge in [0.15, 0.2) is 0 Å². The van der Waals surface area contributed by atoms with Crippen molar-refractivity contribution in [3.05, 3.63) is 53.1 Å². The third-order valence-electron chi connectivity index (χ3n) is 4.42. The molecule has 0 fully saturated rings. The minimum atomic E-state index is -3.84. The summed E-state index contributed by atoms with van der Waals surface area (Å²) in [7, 11) is -2.03.